The summed E-state index contributed by atoms with van der Waals surface area (Å²) in [6.07, 6.45) is 1.32. The summed E-state index contributed by atoms with van der Waals surface area (Å²) in [7, 11) is 0. The van der Waals surface area contributed by atoms with Crippen molar-refractivity contribution in [2.45, 2.75) is 64.6 Å². The van der Waals surface area contributed by atoms with Crippen LogP contribution in [0, 0.1) is 6.92 Å². The van der Waals surface area contributed by atoms with Gasteiger partial charge >= 0.3 is 11.8 Å². The Kier molecular flexibility index (Phi) is 5.59. The lowest BCUT2D eigenvalue weighted by Crippen LogP contribution is -2.66. The number of fused-ring (bicyclic) bond motifs is 1. The summed E-state index contributed by atoms with van der Waals surface area (Å²) in [5.41, 5.74) is 8.94. The maximum atomic E-state index is 13.1. The van der Waals surface area contributed by atoms with E-state index in [9.17, 15) is 9.59 Å². The van der Waals surface area contributed by atoms with Crippen LogP contribution < -0.4 is 11.1 Å². The van der Waals surface area contributed by atoms with E-state index in [2.05, 4.69) is 24.4 Å². The number of nitrogens with zero attached hydrogens (tertiary/aromatic N) is 2. The highest BCUT2D eigenvalue weighted by atomic mass is 32.1. The van der Waals surface area contributed by atoms with Crippen LogP contribution in [0.5, 0.6) is 0 Å². The first kappa shape index (κ1) is 22.4. The molecule has 3 aromatic rings. The molecule has 1 saturated heterocycles. The van der Waals surface area contributed by atoms with Gasteiger partial charge < -0.3 is 16.0 Å². The smallest absolute Gasteiger partial charge is 0.313 e. The van der Waals surface area contributed by atoms with Crippen molar-refractivity contribution in [2.75, 3.05) is 5.32 Å². The average molecular weight is 451 g/mol. The van der Waals surface area contributed by atoms with Crippen molar-refractivity contribution in [3.05, 3.63) is 48.0 Å². The van der Waals surface area contributed by atoms with E-state index in [4.69, 9.17) is 10.7 Å². The quantitative estimate of drug-likeness (QED) is 0.553. The Balaban J connectivity index is 1.50. The van der Waals surface area contributed by atoms with Gasteiger partial charge in [-0.3, -0.25) is 9.59 Å². The summed E-state index contributed by atoms with van der Waals surface area (Å²) in [6, 6.07) is 13.7. The number of nitrogens with one attached hydrogen (secondary N) is 1. The van der Waals surface area contributed by atoms with Gasteiger partial charge in [0.05, 0.1) is 10.2 Å². The second-order valence-electron chi connectivity index (χ2n) is 9.96. The largest absolute Gasteiger partial charge is 0.328 e. The molecule has 0 atom stereocenters. The van der Waals surface area contributed by atoms with E-state index in [0.29, 0.717) is 18.5 Å². The predicted molar refractivity (Wildman–Crippen MR) is 131 cm³/mol. The molecule has 3 N–H and O–H groups in total. The third-order valence-corrected chi connectivity index (χ3v) is 7.13. The van der Waals surface area contributed by atoms with E-state index in [1.165, 1.54) is 5.56 Å². The fraction of sp³-hybridized carbons (Fsp3) is 0.400. The molecule has 0 aliphatic carbocycles. The van der Waals surface area contributed by atoms with Gasteiger partial charge in [-0.15, -0.1) is 11.3 Å². The summed E-state index contributed by atoms with van der Waals surface area (Å²) in [5.74, 6) is -1.16. The van der Waals surface area contributed by atoms with E-state index < -0.39 is 22.9 Å². The minimum absolute atomic E-state index is 0.00563. The normalized spacial score (nSPS) is 18.0. The van der Waals surface area contributed by atoms with Crippen molar-refractivity contribution in [3.63, 3.8) is 0 Å². The molecule has 0 spiro atoms. The van der Waals surface area contributed by atoms with E-state index in [0.717, 1.165) is 20.8 Å². The molecule has 0 radical (unpaired) electrons. The van der Waals surface area contributed by atoms with Gasteiger partial charge in [-0.25, -0.2) is 4.98 Å². The Labute approximate surface area is 192 Å². The Morgan fingerprint density at radius 1 is 1.06 bits per heavy atom. The van der Waals surface area contributed by atoms with Crippen molar-refractivity contribution in [1.82, 2.24) is 9.88 Å². The van der Waals surface area contributed by atoms with Gasteiger partial charge in [0.2, 0.25) is 0 Å². The van der Waals surface area contributed by atoms with Gasteiger partial charge in [0, 0.05) is 28.4 Å². The molecule has 2 aromatic carbocycles. The predicted octanol–water partition coefficient (Wildman–Crippen LogP) is 4.72. The molecule has 0 bridgehead atoms. The van der Waals surface area contributed by atoms with Gasteiger partial charge in [0.1, 0.15) is 5.01 Å². The first-order chi connectivity index (χ1) is 15.0. The van der Waals surface area contributed by atoms with E-state index in [1.807, 2.05) is 45.9 Å². The number of aryl methyl sites for hydroxylation is 1. The fourth-order valence-electron chi connectivity index (χ4n) is 5.04. The first-order valence-corrected chi connectivity index (χ1v) is 11.7. The molecule has 2 amide bonds. The summed E-state index contributed by atoms with van der Waals surface area (Å²) in [5, 5.41) is 3.68. The van der Waals surface area contributed by atoms with Crippen LogP contribution in [-0.4, -0.2) is 38.8 Å². The second kappa shape index (κ2) is 7.98. The number of rotatable bonds is 2. The van der Waals surface area contributed by atoms with Crippen molar-refractivity contribution >= 4 is 39.1 Å². The van der Waals surface area contributed by atoms with E-state index in [-0.39, 0.29) is 6.04 Å². The van der Waals surface area contributed by atoms with Gasteiger partial charge in [-0.2, -0.15) is 0 Å². The monoisotopic (exact) mass is 450 g/mol. The molecule has 0 unspecified atom stereocenters. The summed E-state index contributed by atoms with van der Waals surface area (Å²) in [4.78, 5) is 32.3. The van der Waals surface area contributed by atoms with Gasteiger partial charge in [-0.05, 0) is 89.4 Å². The maximum Gasteiger partial charge on any atom is 0.313 e. The maximum absolute atomic E-state index is 13.1. The van der Waals surface area contributed by atoms with E-state index in [1.54, 1.807) is 28.4 Å². The molecule has 0 saturated carbocycles. The lowest BCUT2D eigenvalue weighted by atomic mass is 9.77. The standard InChI is InChI=1S/C25H30N4O2S/c1-15-6-11-19-20(12-15)32-22(28-19)16-7-9-18(10-8-16)27-21(30)23(31)29-24(2,3)13-17(26)14-25(29,4)5/h6-12,17H,13-14,26H2,1-5H3,(H,27,30). The third kappa shape index (κ3) is 4.27. The van der Waals surface area contributed by atoms with Gasteiger partial charge in [0.15, 0.2) is 0 Å². The Morgan fingerprint density at radius 3 is 2.31 bits per heavy atom. The second-order valence-corrected chi connectivity index (χ2v) is 11.0. The molecule has 1 aliphatic heterocycles. The molecule has 168 valence electrons. The molecule has 1 aromatic heterocycles. The van der Waals surface area contributed by atoms with Crippen molar-refractivity contribution in [3.8, 4) is 10.6 Å². The van der Waals surface area contributed by atoms with E-state index >= 15 is 0 Å². The molecule has 6 nitrogen and oxygen atoms in total. The number of carbonyl (C=O) groups excluding carboxylic acids is 2. The van der Waals surface area contributed by atoms with Crippen LogP contribution in [0.1, 0.15) is 46.1 Å². The summed E-state index contributed by atoms with van der Waals surface area (Å²) in [6.45, 7) is 9.93. The van der Waals surface area contributed by atoms with Crippen molar-refractivity contribution in [1.29, 1.82) is 0 Å². The van der Waals surface area contributed by atoms with Crippen LogP contribution in [0.15, 0.2) is 42.5 Å². The highest BCUT2D eigenvalue weighted by Crippen LogP contribution is 2.38. The number of hydrogen-bond donors (Lipinski definition) is 2. The van der Waals surface area contributed by atoms with Gasteiger partial charge in [0.25, 0.3) is 0 Å². The Morgan fingerprint density at radius 2 is 1.69 bits per heavy atom. The molecule has 32 heavy (non-hydrogen) atoms. The number of thiazole rings is 1. The molecular weight excluding hydrogens is 420 g/mol. The number of anilines is 1. The zero-order valence-electron chi connectivity index (χ0n) is 19.2. The topological polar surface area (TPSA) is 88.3 Å². The minimum atomic E-state index is -0.634. The highest BCUT2D eigenvalue weighted by Gasteiger charge is 2.48. The fourth-order valence-corrected chi connectivity index (χ4v) is 6.11. The van der Waals surface area contributed by atoms with Crippen molar-refractivity contribution < 1.29 is 9.59 Å². The van der Waals surface area contributed by atoms with Crippen LogP contribution in [0.4, 0.5) is 5.69 Å². The lowest BCUT2D eigenvalue weighted by molar-refractivity contribution is -0.156. The van der Waals surface area contributed by atoms with Crippen LogP contribution in [0.2, 0.25) is 0 Å². The molecule has 1 aliphatic rings. The number of piperidine rings is 1. The zero-order valence-corrected chi connectivity index (χ0v) is 20.0. The number of carbonyl (C=O) groups is 2. The minimum Gasteiger partial charge on any atom is -0.328 e. The number of amides is 2. The molecule has 4 rings (SSSR count). The lowest BCUT2D eigenvalue weighted by Gasteiger charge is -2.54. The van der Waals surface area contributed by atoms with Crippen LogP contribution in [-0.2, 0) is 9.59 Å². The number of benzene rings is 2. The van der Waals surface area contributed by atoms with Crippen LogP contribution in [0.3, 0.4) is 0 Å². The highest BCUT2D eigenvalue weighted by molar-refractivity contribution is 7.21. The average Bonchev–Trinajstić information content (AvgIpc) is 3.09. The molecular formula is C25H30N4O2S. The number of nitrogens with two attached hydrogens (primary N) is 1. The van der Waals surface area contributed by atoms with Crippen LogP contribution >= 0.6 is 11.3 Å². The third-order valence-electron chi connectivity index (χ3n) is 6.07. The Bertz CT molecular complexity index is 1160. The molecule has 1 fully saturated rings. The summed E-state index contributed by atoms with van der Waals surface area (Å²) < 4.78 is 1.15. The number of hydrogen-bond acceptors (Lipinski definition) is 5. The number of likely N-dealkylation sites (tertiary alicyclic amines) is 1. The number of aromatic nitrogens is 1. The Hall–Kier alpha value is -2.77. The summed E-state index contributed by atoms with van der Waals surface area (Å²) >= 11 is 1.64. The zero-order chi connectivity index (χ0) is 23.3. The van der Waals surface area contributed by atoms with Gasteiger partial charge in [-0.1, -0.05) is 6.07 Å². The van der Waals surface area contributed by atoms with Crippen LogP contribution in [0.25, 0.3) is 20.8 Å². The SMILES string of the molecule is Cc1ccc2nc(-c3ccc(NC(=O)C(=O)N4C(C)(C)CC(N)CC4(C)C)cc3)sc2c1. The molecule has 7 heteroatoms. The first-order valence-electron chi connectivity index (χ1n) is 10.9. The van der Waals surface area contributed by atoms with Crippen molar-refractivity contribution in [2.24, 2.45) is 5.73 Å². The molecule has 2 heterocycles.